The maximum Gasteiger partial charge on any atom is 0.233 e. The fourth-order valence-corrected chi connectivity index (χ4v) is 2.67. The molecular weight excluding hydrogens is 214 g/mol. The highest BCUT2D eigenvalue weighted by Gasteiger charge is 2.25. The highest BCUT2D eigenvalue weighted by Crippen LogP contribution is 2.26. The van der Waals surface area contributed by atoms with E-state index in [1.54, 1.807) is 11.8 Å². The van der Waals surface area contributed by atoms with E-state index < -0.39 is 0 Å². The number of nitrogens with one attached hydrogen (secondary N) is 1. The van der Waals surface area contributed by atoms with Crippen LogP contribution in [0, 0.1) is 0 Å². The first kappa shape index (κ1) is 12.2. The molecule has 0 aromatic heterocycles. The monoisotopic (exact) mass is 231 g/mol. The number of nitrogens with two attached hydrogens (primary N) is 1. The quantitative estimate of drug-likeness (QED) is 0.285. The maximum atomic E-state index is 11.7. The number of carbonyl (C=O) groups is 1. The number of amidine groups is 1. The lowest BCUT2D eigenvalue weighted by Gasteiger charge is -2.17. The van der Waals surface area contributed by atoms with Crippen LogP contribution in [0.5, 0.6) is 0 Å². The summed E-state index contributed by atoms with van der Waals surface area (Å²) in [5.41, 5.74) is 5.45. The Morgan fingerprint density at radius 2 is 2.53 bits per heavy atom. The molecule has 5 nitrogen and oxygen atoms in total. The van der Waals surface area contributed by atoms with E-state index in [4.69, 9.17) is 10.9 Å². The summed E-state index contributed by atoms with van der Waals surface area (Å²) in [6, 6.07) is -0.358. The zero-order valence-corrected chi connectivity index (χ0v) is 9.59. The van der Waals surface area contributed by atoms with Crippen LogP contribution in [-0.4, -0.2) is 34.0 Å². The standard InChI is InChI=1S/C9H17N3O2S/c1-2-6(8(10)12-14)11-9(13)7-4-3-5-15-7/h6-7,14H,2-5H2,1H3,(H2,10,12)(H,11,13). The average Bonchev–Trinajstić information content (AvgIpc) is 2.77. The minimum atomic E-state index is -0.358. The van der Waals surface area contributed by atoms with Crippen LogP contribution >= 0.6 is 11.8 Å². The van der Waals surface area contributed by atoms with Gasteiger partial charge in [-0.25, -0.2) is 0 Å². The number of carbonyl (C=O) groups excluding carboxylic acids is 1. The Morgan fingerprint density at radius 3 is 3.00 bits per heavy atom. The number of rotatable bonds is 4. The number of oxime groups is 1. The minimum Gasteiger partial charge on any atom is -0.409 e. The van der Waals surface area contributed by atoms with Crippen LogP contribution in [-0.2, 0) is 4.79 Å². The van der Waals surface area contributed by atoms with Gasteiger partial charge in [-0.1, -0.05) is 12.1 Å². The zero-order valence-electron chi connectivity index (χ0n) is 8.77. The van der Waals surface area contributed by atoms with Crippen molar-refractivity contribution in [2.75, 3.05) is 5.75 Å². The van der Waals surface area contributed by atoms with Crippen molar-refractivity contribution in [1.82, 2.24) is 5.32 Å². The van der Waals surface area contributed by atoms with Crippen molar-refractivity contribution in [2.45, 2.75) is 37.5 Å². The summed E-state index contributed by atoms with van der Waals surface area (Å²) in [4.78, 5) is 11.7. The minimum absolute atomic E-state index is 0.00375. The van der Waals surface area contributed by atoms with Gasteiger partial charge < -0.3 is 16.3 Å². The van der Waals surface area contributed by atoms with E-state index in [9.17, 15) is 4.79 Å². The molecule has 6 heteroatoms. The third-order valence-electron chi connectivity index (χ3n) is 2.42. The Bertz CT molecular complexity index is 252. The Labute approximate surface area is 93.5 Å². The highest BCUT2D eigenvalue weighted by molar-refractivity contribution is 8.00. The van der Waals surface area contributed by atoms with Crippen molar-refractivity contribution < 1.29 is 10.0 Å². The van der Waals surface area contributed by atoms with Crippen LogP contribution in [0.15, 0.2) is 5.16 Å². The molecule has 1 rings (SSSR count). The van der Waals surface area contributed by atoms with E-state index in [1.165, 1.54) is 0 Å². The first-order chi connectivity index (χ1) is 7.19. The number of hydrogen-bond donors (Lipinski definition) is 3. The molecule has 0 saturated carbocycles. The SMILES string of the molecule is CCC(NC(=O)C1CCCS1)C(N)=NO. The average molecular weight is 231 g/mol. The molecule has 2 unspecified atom stereocenters. The Balaban J connectivity index is 2.47. The Hall–Kier alpha value is -0.910. The smallest absolute Gasteiger partial charge is 0.233 e. The van der Waals surface area contributed by atoms with Gasteiger partial charge >= 0.3 is 0 Å². The predicted molar refractivity (Wildman–Crippen MR) is 61.1 cm³/mol. The summed E-state index contributed by atoms with van der Waals surface area (Å²) in [6.07, 6.45) is 2.63. The molecule has 0 aromatic rings. The second-order valence-corrected chi connectivity index (χ2v) is 4.81. The molecule has 0 radical (unpaired) electrons. The first-order valence-electron chi connectivity index (χ1n) is 5.08. The molecule has 1 aliphatic rings. The number of hydrogen-bond acceptors (Lipinski definition) is 4. The van der Waals surface area contributed by atoms with Gasteiger partial charge in [-0.2, -0.15) is 0 Å². The van der Waals surface area contributed by atoms with Crippen LogP contribution in [0.25, 0.3) is 0 Å². The molecule has 1 fully saturated rings. The first-order valence-corrected chi connectivity index (χ1v) is 6.13. The molecule has 0 bridgehead atoms. The molecule has 86 valence electrons. The van der Waals surface area contributed by atoms with Crippen molar-refractivity contribution in [3.63, 3.8) is 0 Å². The van der Waals surface area contributed by atoms with Gasteiger partial charge in [0.05, 0.1) is 11.3 Å². The van der Waals surface area contributed by atoms with Gasteiger partial charge in [0.2, 0.25) is 5.91 Å². The van der Waals surface area contributed by atoms with Crippen molar-refractivity contribution >= 4 is 23.5 Å². The van der Waals surface area contributed by atoms with E-state index in [-0.39, 0.29) is 23.0 Å². The topological polar surface area (TPSA) is 87.7 Å². The van der Waals surface area contributed by atoms with E-state index in [0.717, 1.165) is 18.6 Å². The van der Waals surface area contributed by atoms with Crippen LogP contribution < -0.4 is 11.1 Å². The van der Waals surface area contributed by atoms with Crippen LogP contribution in [0.2, 0.25) is 0 Å². The molecule has 0 aromatic carbocycles. The van der Waals surface area contributed by atoms with Crippen molar-refractivity contribution in [2.24, 2.45) is 10.9 Å². The van der Waals surface area contributed by atoms with E-state index >= 15 is 0 Å². The second kappa shape index (κ2) is 5.85. The maximum absolute atomic E-state index is 11.7. The second-order valence-electron chi connectivity index (χ2n) is 3.50. The molecular formula is C9H17N3O2S. The summed E-state index contributed by atoms with van der Waals surface area (Å²) in [5.74, 6) is 1.10. The summed E-state index contributed by atoms with van der Waals surface area (Å²) < 4.78 is 0. The summed E-state index contributed by atoms with van der Waals surface area (Å²) in [5, 5.41) is 14.2. The molecule has 1 amide bonds. The lowest BCUT2D eigenvalue weighted by atomic mass is 10.2. The highest BCUT2D eigenvalue weighted by atomic mass is 32.2. The largest absolute Gasteiger partial charge is 0.409 e. The lowest BCUT2D eigenvalue weighted by molar-refractivity contribution is -0.120. The molecule has 0 spiro atoms. The van der Waals surface area contributed by atoms with Crippen LogP contribution in [0.4, 0.5) is 0 Å². The van der Waals surface area contributed by atoms with Gasteiger partial charge in [0.15, 0.2) is 5.84 Å². The number of nitrogens with zero attached hydrogens (tertiary/aromatic N) is 1. The zero-order chi connectivity index (χ0) is 11.3. The van der Waals surface area contributed by atoms with Gasteiger partial charge in [0.25, 0.3) is 0 Å². The molecule has 4 N–H and O–H groups in total. The third kappa shape index (κ3) is 3.30. The van der Waals surface area contributed by atoms with E-state index in [0.29, 0.717) is 6.42 Å². The molecule has 15 heavy (non-hydrogen) atoms. The van der Waals surface area contributed by atoms with Gasteiger partial charge in [-0.05, 0) is 25.0 Å². The summed E-state index contributed by atoms with van der Waals surface area (Å²) in [7, 11) is 0. The summed E-state index contributed by atoms with van der Waals surface area (Å²) >= 11 is 1.67. The normalized spacial score (nSPS) is 23.8. The Morgan fingerprint density at radius 1 is 1.80 bits per heavy atom. The fourth-order valence-electron chi connectivity index (χ4n) is 1.50. The number of amides is 1. The molecule has 2 atom stereocenters. The molecule has 0 aliphatic carbocycles. The van der Waals surface area contributed by atoms with Gasteiger partial charge in [0.1, 0.15) is 0 Å². The molecule has 1 heterocycles. The van der Waals surface area contributed by atoms with Crippen molar-refractivity contribution in [3.8, 4) is 0 Å². The van der Waals surface area contributed by atoms with Crippen LogP contribution in [0.1, 0.15) is 26.2 Å². The van der Waals surface area contributed by atoms with Crippen molar-refractivity contribution in [3.05, 3.63) is 0 Å². The van der Waals surface area contributed by atoms with E-state index in [2.05, 4.69) is 10.5 Å². The third-order valence-corrected chi connectivity index (χ3v) is 3.80. The van der Waals surface area contributed by atoms with Gasteiger partial charge in [-0.3, -0.25) is 4.79 Å². The van der Waals surface area contributed by atoms with Gasteiger partial charge in [-0.15, -0.1) is 11.8 Å². The lowest BCUT2D eigenvalue weighted by Crippen LogP contribution is -2.46. The Kier molecular flexibility index (Phi) is 4.74. The molecule has 1 saturated heterocycles. The fraction of sp³-hybridized carbons (Fsp3) is 0.778. The van der Waals surface area contributed by atoms with Crippen LogP contribution in [0.3, 0.4) is 0 Å². The van der Waals surface area contributed by atoms with Crippen molar-refractivity contribution in [1.29, 1.82) is 0 Å². The predicted octanol–water partition coefficient (Wildman–Crippen LogP) is 0.523. The summed E-state index contributed by atoms with van der Waals surface area (Å²) in [6.45, 7) is 1.88. The molecule has 1 aliphatic heterocycles. The van der Waals surface area contributed by atoms with E-state index in [1.807, 2.05) is 6.92 Å². The number of thioether (sulfide) groups is 1. The van der Waals surface area contributed by atoms with Gasteiger partial charge in [0, 0.05) is 0 Å².